The maximum atomic E-state index is 11.6. The summed E-state index contributed by atoms with van der Waals surface area (Å²) in [5.74, 6) is 0.613. The fraction of sp³-hybridized carbons (Fsp3) is 0.615. The Kier molecular flexibility index (Phi) is 5.22. The fourth-order valence-electron chi connectivity index (χ4n) is 1.53. The molecule has 1 heterocycles. The number of rotatable bonds is 6. The molecule has 96 valence electrons. The van der Waals surface area contributed by atoms with E-state index < -0.39 is 6.10 Å². The summed E-state index contributed by atoms with van der Waals surface area (Å²) in [6, 6.07) is 1.83. The summed E-state index contributed by atoms with van der Waals surface area (Å²) in [4.78, 5) is 11.6. The number of nitrogens with zero attached hydrogens (tertiary/aromatic N) is 1. The molecule has 0 aliphatic rings. The first kappa shape index (κ1) is 13.8. The van der Waals surface area contributed by atoms with Crippen LogP contribution in [-0.2, 0) is 11.3 Å². The summed E-state index contributed by atoms with van der Waals surface area (Å²) in [5.41, 5.74) is 0.833. The molecule has 0 aromatic carbocycles. The Bertz CT molecular complexity index is 356. The van der Waals surface area contributed by atoms with Crippen molar-refractivity contribution in [1.29, 1.82) is 0 Å². The van der Waals surface area contributed by atoms with Gasteiger partial charge in [0, 0.05) is 18.9 Å². The average Bonchev–Trinajstić information content (AvgIpc) is 2.65. The minimum atomic E-state index is -0.486. The van der Waals surface area contributed by atoms with Crippen molar-refractivity contribution in [3.05, 3.63) is 24.0 Å². The average molecular weight is 238 g/mol. The highest BCUT2D eigenvalue weighted by Crippen LogP contribution is 2.11. The van der Waals surface area contributed by atoms with Gasteiger partial charge in [0.2, 0.25) is 5.91 Å². The minimum Gasteiger partial charge on any atom is -0.389 e. The van der Waals surface area contributed by atoms with Gasteiger partial charge in [0.15, 0.2) is 0 Å². The van der Waals surface area contributed by atoms with Gasteiger partial charge in [-0.15, -0.1) is 0 Å². The van der Waals surface area contributed by atoms with E-state index >= 15 is 0 Å². The van der Waals surface area contributed by atoms with Crippen molar-refractivity contribution in [2.24, 2.45) is 5.92 Å². The van der Waals surface area contributed by atoms with E-state index in [1.54, 1.807) is 17.7 Å². The summed E-state index contributed by atoms with van der Waals surface area (Å²) < 4.78 is 1.78. The lowest BCUT2D eigenvalue weighted by Crippen LogP contribution is -2.28. The lowest BCUT2D eigenvalue weighted by atomic mass is 10.1. The van der Waals surface area contributed by atoms with Gasteiger partial charge in [0.25, 0.3) is 0 Å². The van der Waals surface area contributed by atoms with E-state index in [9.17, 15) is 9.90 Å². The molecule has 0 saturated heterocycles. The third kappa shape index (κ3) is 5.04. The summed E-state index contributed by atoms with van der Waals surface area (Å²) in [7, 11) is 0. The van der Waals surface area contributed by atoms with Crippen molar-refractivity contribution in [3.8, 4) is 0 Å². The Morgan fingerprint density at radius 2 is 2.18 bits per heavy atom. The van der Waals surface area contributed by atoms with Gasteiger partial charge in [0.1, 0.15) is 6.54 Å². The predicted molar refractivity (Wildman–Crippen MR) is 67.5 cm³/mol. The van der Waals surface area contributed by atoms with E-state index in [2.05, 4.69) is 19.2 Å². The van der Waals surface area contributed by atoms with Gasteiger partial charge in [-0.05, 0) is 30.9 Å². The van der Waals surface area contributed by atoms with Crippen LogP contribution >= 0.6 is 0 Å². The van der Waals surface area contributed by atoms with Crippen molar-refractivity contribution in [2.45, 2.75) is 39.8 Å². The van der Waals surface area contributed by atoms with Crippen molar-refractivity contribution >= 4 is 5.91 Å². The van der Waals surface area contributed by atoms with E-state index in [-0.39, 0.29) is 5.91 Å². The van der Waals surface area contributed by atoms with Crippen LogP contribution in [0.4, 0.5) is 0 Å². The second-order valence-electron chi connectivity index (χ2n) is 4.83. The van der Waals surface area contributed by atoms with Gasteiger partial charge in [-0.3, -0.25) is 4.79 Å². The third-order valence-electron chi connectivity index (χ3n) is 2.63. The number of aliphatic hydroxyl groups is 1. The number of hydrogen-bond acceptors (Lipinski definition) is 2. The largest absolute Gasteiger partial charge is 0.389 e. The van der Waals surface area contributed by atoms with E-state index in [0.717, 1.165) is 18.5 Å². The summed E-state index contributed by atoms with van der Waals surface area (Å²) in [5, 5.41) is 12.2. The van der Waals surface area contributed by atoms with Crippen LogP contribution in [0.15, 0.2) is 18.5 Å². The van der Waals surface area contributed by atoms with E-state index in [0.29, 0.717) is 12.5 Å². The molecule has 0 radical (unpaired) electrons. The van der Waals surface area contributed by atoms with Crippen LogP contribution in [0.2, 0.25) is 0 Å². The molecule has 4 heteroatoms. The maximum absolute atomic E-state index is 11.6. The molecule has 1 amide bonds. The molecule has 1 unspecified atom stereocenters. The van der Waals surface area contributed by atoms with E-state index in [1.807, 2.05) is 12.3 Å². The van der Waals surface area contributed by atoms with Crippen molar-refractivity contribution < 1.29 is 9.90 Å². The number of aromatic nitrogens is 1. The second kappa shape index (κ2) is 6.45. The molecule has 4 nitrogen and oxygen atoms in total. The number of carbonyl (C=O) groups excluding carboxylic acids is 1. The Labute approximate surface area is 103 Å². The highest BCUT2D eigenvalue weighted by Gasteiger charge is 2.06. The van der Waals surface area contributed by atoms with Gasteiger partial charge in [-0.2, -0.15) is 0 Å². The van der Waals surface area contributed by atoms with Crippen molar-refractivity contribution in [1.82, 2.24) is 9.88 Å². The predicted octanol–water partition coefficient (Wildman–Crippen LogP) is 1.70. The molecule has 1 atom stereocenters. The normalized spacial score (nSPS) is 12.8. The van der Waals surface area contributed by atoms with Gasteiger partial charge in [0.05, 0.1) is 6.10 Å². The fourth-order valence-corrected chi connectivity index (χ4v) is 1.53. The molecule has 0 bridgehead atoms. The topological polar surface area (TPSA) is 54.3 Å². The zero-order valence-electron chi connectivity index (χ0n) is 10.8. The molecule has 0 aliphatic carbocycles. The number of hydrogen-bond donors (Lipinski definition) is 2. The molecule has 17 heavy (non-hydrogen) atoms. The molecule has 1 aromatic heterocycles. The first-order chi connectivity index (χ1) is 7.99. The minimum absolute atomic E-state index is 0.0124. The Balaban J connectivity index is 2.34. The lowest BCUT2D eigenvalue weighted by molar-refractivity contribution is -0.121. The molecule has 0 aliphatic heterocycles. The molecule has 0 fully saturated rings. The number of carbonyl (C=O) groups is 1. The molecule has 1 aromatic rings. The third-order valence-corrected chi connectivity index (χ3v) is 2.63. The van der Waals surface area contributed by atoms with Crippen LogP contribution in [-0.4, -0.2) is 22.1 Å². The Morgan fingerprint density at radius 1 is 1.47 bits per heavy atom. The number of aliphatic hydroxyl groups excluding tert-OH is 1. The maximum Gasteiger partial charge on any atom is 0.239 e. The first-order valence-electron chi connectivity index (χ1n) is 6.09. The van der Waals surface area contributed by atoms with Gasteiger partial charge in [-0.25, -0.2) is 0 Å². The van der Waals surface area contributed by atoms with Crippen LogP contribution in [0.1, 0.15) is 38.9 Å². The van der Waals surface area contributed by atoms with Crippen LogP contribution in [0, 0.1) is 5.92 Å². The quantitative estimate of drug-likeness (QED) is 0.792. The smallest absolute Gasteiger partial charge is 0.239 e. The zero-order valence-corrected chi connectivity index (χ0v) is 10.8. The van der Waals surface area contributed by atoms with Crippen LogP contribution in [0.5, 0.6) is 0 Å². The van der Waals surface area contributed by atoms with Crippen molar-refractivity contribution in [3.63, 3.8) is 0 Å². The highest BCUT2D eigenvalue weighted by molar-refractivity contribution is 5.75. The standard InChI is InChI=1S/C13H22N2O2/c1-10(2)4-6-14-13(17)9-15-7-5-12(8-15)11(3)16/h5,7-8,10-11,16H,4,6,9H2,1-3H3,(H,14,17). The van der Waals surface area contributed by atoms with Gasteiger partial charge < -0.3 is 15.0 Å². The van der Waals surface area contributed by atoms with E-state index in [1.165, 1.54) is 0 Å². The monoisotopic (exact) mass is 238 g/mol. The summed E-state index contributed by atoms with van der Waals surface area (Å²) in [6.45, 7) is 7.01. The SMILES string of the molecule is CC(C)CCNC(=O)Cn1ccc(C(C)O)c1. The van der Waals surface area contributed by atoms with E-state index in [4.69, 9.17) is 0 Å². The molecule has 2 N–H and O–H groups in total. The van der Waals surface area contributed by atoms with Crippen molar-refractivity contribution in [2.75, 3.05) is 6.54 Å². The molecule has 0 spiro atoms. The number of nitrogens with one attached hydrogen (secondary N) is 1. The van der Waals surface area contributed by atoms with Gasteiger partial charge in [-0.1, -0.05) is 13.8 Å². The number of amides is 1. The Morgan fingerprint density at radius 3 is 2.71 bits per heavy atom. The summed E-state index contributed by atoms with van der Waals surface area (Å²) >= 11 is 0. The van der Waals surface area contributed by atoms with Gasteiger partial charge >= 0.3 is 0 Å². The van der Waals surface area contributed by atoms with Crippen LogP contribution in [0.3, 0.4) is 0 Å². The van der Waals surface area contributed by atoms with Crippen LogP contribution < -0.4 is 5.32 Å². The first-order valence-corrected chi connectivity index (χ1v) is 6.09. The summed E-state index contributed by atoms with van der Waals surface area (Å²) in [6.07, 6.45) is 4.12. The molecular formula is C13H22N2O2. The highest BCUT2D eigenvalue weighted by atomic mass is 16.3. The van der Waals surface area contributed by atoms with Crippen LogP contribution in [0.25, 0.3) is 0 Å². The molecular weight excluding hydrogens is 216 g/mol. The molecule has 1 rings (SSSR count). The molecule has 0 saturated carbocycles. The Hall–Kier alpha value is -1.29. The zero-order chi connectivity index (χ0) is 12.8. The lowest BCUT2D eigenvalue weighted by Gasteiger charge is -2.07. The second-order valence-corrected chi connectivity index (χ2v) is 4.83.